The summed E-state index contributed by atoms with van der Waals surface area (Å²) < 4.78 is 20.0. The molecule has 0 aliphatic carbocycles. The van der Waals surface area contributed by atoms with Gasteiger partial charge in [-0.05, 0) is 50.1 Å². The van der Waals surface area contributed by atoms with Crippen LogP contribution < -0.4 is 10.6 Å². The number of halogens is 1. The molecule has 2 N–H and O–H groups in total. The first-order chi connectivity index (χ1) is 16.2. The molecule has 0 fully saturated rings. The summed E-state index contributed by atoms with van der Waals surface area (Å²) in [7, 11) is 0. The highest BCUT2D eigenvalue weighted by molar-refractivity contribution is 7.98. The van der Waals surface area contributed by atoms with Crippen LogP contribution in [-0.4, -0.2) is 23.6 Å². The summed E-state index contributed by atoms with van der Waals surface area (Å²) in [5, 5.41) is 5.35. The van der Waals surface area contributed by atoms with Gasteiger partial charge < -0.3 is 15.4 Å². The van der Waals surface area contributed by atoms with Crippen LogP contribution in [0.15, 0.2) is 83.8 Å². The van der Waals surface area contributed by atoms with E-state index in [9.17, 15) is 14.0 Å². The topological polar surface area (TPSA) is 67.4 Å². The first-order valence-electron chi connectivity index (χ1n) is 11.0. The third kappa shape index (κ3) is 8.23. The lowest BCUT2D eigenvalue weighted by Gasteiger charge is -2.23. The Kier molecular flexibility index (Phi) is 8.71. The smallest absolute Gasteiger partial charge is 0.408 e. The van der Waals surface area contributed by atoms with E-state index in [-0.39, 0.29) is 6.42 Å². The Balaban J connectivity index is 1.68. The van der Waals surface area contributed by atoms with E-state index >= 15 is 0 Å². The molecule has 0 bridgehead atoms. The number of ether oxygens (including phenoxy) is 1. The van der Waals surface area contributed by atoms with Gasteiger partial charge in [-0.2, -0.15) is 0 Å². The highest BCUT2D eigenvalue weighted by atomic mass is 32.2. The Morgan fingerprint density at radius 2 is 1.56 bits per heavy atom. The monoisotopic (exact) mass is 480 g/mol. The molecule has 0 radical (unpaired) electrons. The third-order valence-corrected chi connectivity index (χ3v) is 5.85. The number of alkyl carbamates (subject to hydrolysis) is 1. The molecule has 0 aliphatic heterocycles. The molecule has 5 nitrogen and oxygen atoms in total. The molecule has 3 rings (SSSR count). The Morgan fingerprint density at radius 1 is 0.941 bits per heavy atom. The van der Waals surface area contributed by atoms with E-state index in [0.29, 0.717) is 16.3 Å². The summed E-state index contributed by atoms with van der Waals surface area (Å²) in [6.07, 6.45) is -0.429. The van der Waals surface area contributed by atoms with Crippen LogP contribution >= 0.6 is 11.8 Å². The molecule has 0 saturated carbocycles. The summed E-state index contributed by atoms with van der Waals surface area (Å²) >= 11 is 1.39. The Bertz CT molecular complexity index is 1100. The summed E-state index contributed by atoms with van der Waals surface area (Å²) in [4.78, 5) is 25.8. The molecule has 3 aromatic rings. The van der Waals surface area contributed by atoms with Crippen molar-refractivity contribution in [3.05, 3.63) is 95.8 Å². The number of hydrogen-bond acceptors (Lipinski definition) is 4. The largest absolute Gasteiger partial charge is 0.444 e. The Morgan fingerprint density at radius 3 is 2.15 bits per heavy atom. The zero-order chi connectivity index (χ0) is 24.6. The molecule has 0 aliphatic rings. The van der Waals surface area contributed by atoms with Crippen LogP contribution in [0.2, 0.25) is 0 Å². The normalized spacial score (nSPS) is 12.0. The SMILES string of the molecule is CC(C)(C)OC(=O)N[C@@H](Cc1ccccc1)C(=O)Nc1ccc(SCc2ccccc2)c(F)c1. The van der Waals surface area contributed by atoms with Gasteiger partial charge in [0.15, 0.2) is 0 Å². The lowest BCUT2D eigenvalue weighted by Crippen LogP contribution is -2.47. The number of carbonyl (C=O) groups excluding carboxylic acids is 2. The molecular weight excluding hydrogens is 451 g/mol. The summed E-state index contributed by atoms with van der Waals surface area (Å²) in [5.74, 6) is -0.236. The van der Waals surface area contributed by atoms with Gasteiger partial charge in [-0.15, -0.1) is 11.8 Å². The zero-order valence-corrected chi connectivity index (χ0v) is 20.3. The molecule has 0 unspecified atom stereocenters. The average molecular weight is 481 g/mol. The van der Waals surface area contributed by atoms with Gasteiger partial charge in [-0.1, -0.05) is 60.7 Å². The van der Waals surface area contributed by atoms with Crippen molar-refractivity contribution in [3.63, 3.8) is 0 Å². The summed E-state index contributed by atoms with van der Waals surface area (Å²) in [5.41, 5.74) is 1.59. The van der Waals surface area contributed by atoms with E-state index in [1.54, 1.807) is 32.9 Å². The van der Waals surface area contributed by atoms with Crippen LogP contribution in [0, 0.1) is 5.82 Å². The van der Waals surface area contributed by atoms with E-state index in [1.165, 1.54) is 17.8 Å². The molecule has 0 spiro atoms. The van der Waals surface area contributed by atoms with Crippen LogP contribution in [-0.2, 0) is 21.7 Å². The molecule has 0 saturated heterocycles. The van der Waals surface area contributed by atoms with Crippen LogP contribution in [0.3, 0.4) is 0 Å². The van der Waals surface area contributed by atoms with E-state index in [2.05, 4.69) is 10.6 Å². The summed E-state index contributed by atoms with van der Waals surface area (Å²) in [6, 6.07) is 22.8. The third-order valence-electron chi connectivity index (χ3n) is 4.73. The van der Waals surface area contributed by atoms with Crippen molar-refractivity contribution in [2.75, 3.05) is 5.32 Å². The van der Waals surface area contributed by atoms with Crippen molar-refractivity contribution in [1.82, 2.24) is 5.32 Å². The molecule has 1 atom stereocenters. The minimum Gasteiger partial charge on any atom is -0.444 e. The van der Waals surface area contributed by atoms with Crippen molar-refractivity contribution in [1.29, 1.82) is 0 Å². The molecule has 178 valence electrons. The zero-order valence-electron chi connectivity index (χ0n) is 19.5. The van der Waals surface area contributed by atoms with E-state index < -0.39 is 29.5 Å². The fraction of sp³-hybridized carbons (Fsp3) is 0.259. The van der Waals surface area contributed by atoms with Crippen LogP contribution in [0.5, 0.6) is 0 Å². The van der Waals surface area contributed by atoms with Gasteiger partial charge in [0.05, 0.1) is 0 Å². The standard InChI is InChI=1S/C27H29FN2O3S/c1-27(2,3)33-26(32)30-23(16-19-10-6-4-7-11-19)25(31)29-21-14-15-24(22(28)17-21)34-18-20-12-8-5-9-13-20/h4-15,17,23H,16,18H2,1-3H3,(H,29,31)(H,30,32)/t23-/m0/s1. The maximum absolute atomic E-state index is 14.7. The van der Waals surface area contributed by atoms with Crippen LogP contribution in [0.1, 0.15) is 31.9 Å². The fourth-order valence-electron chi connectivity index (χ4n) is 3.17. The lowest BCUT2D eigenvalue weighted by atomic mass is 10.1. The van der Waals surface area contributed by atoms with Crippen LogP contribution in [0.25, 0.3) is 0 Å². The molecule has 0 heterocycles. The fourth-order valence-corrected chi connectivity index (χ4v) is 4.04. The highest BCUT2D eigenvalue weighted by Crippen LogP contribution is 2.27. The maximum Gasteiger partial charge on any atom is 0.408 e. The van der Waals surface area contributed by atoms with E-state index in [4.69, 9.17) is 4.74 Å². The number of benzene rings is 3. The quantitative estimate of drug-likeness (QED) is 0.377. The van der Waals surface area contributed by atoms with Gasteiger partial charge in [0.1, 0.15) is 17.5 Å². The Hall–Kier alpha value is -3.32. The highest BCUT2D eigenvalue weighted by Gasteiger charge is 2.25. The minimum absolute atomic E-state index is 0.263. The van der Waals surface area contributed by atoms with Crippen molar-refractivity contribution >= 4 is 29.4 Å². The number of hydrogen-bond donors (Lipinski definition) is 2. The second-order valence-corrected chi connectivity index (χ2v) is 9.81. The van der Waals surface area contributed by atoms with Gasteiger partial charge in [0, 0.05) is 22.8 Å². The van der Waals surface area contributed by atoms with Gasteiger partial charge in [0.2, 0.25) is 5.91 Å². The first-order valence-corrected chi connectivity index (χ1v) is 12.0. The second-order valence-electron chi connectivity index (χ2n) is 8.80. The van der Waals surface area contributed by atoms with E-state index in [0.717, 1.165) is 11.1 Å². The molecule has 3 aromatic carbocycles. The van der Waals surface area contributed by atoms with Gasteiger partial charge in [-0.3, -0.25) is 4.79 Å². The summed E-state index contributed by atoms with van der Waals surface area (Å²) in [6.45, 7) is 5.25. The number of carbonyl (C=O) groups is 2. The maximum atomic E-state index is 14.7. The predicted octanol–water partition coefficient (Wildman–Crippen LogP) is 6.19. The predicted molar refractivity (Wildman–Crippen MR) is 134 cm³/mol. The van der Waals surface area contributed by atoms with Crippen molar-refractivity contribution in [2.45, 2.75) is 49.5 Å². The number of amides is 2. The van der Waals surface area contributed by atoms with Gasteiger partial charge >= 0.3 is 6.09 Å². The van der Waals surface area contributed by atoms with Crippen molar-refractivity contribution in [2.24, 2.45) is 0 Å². The van der Waals surface area contributed by atoms with Crippen molar-refractivity contribution < 1.29 is 18.7 Å². The van der Waals surface area contributed by atoms with Crippen molar-refractivity contribution in [3.8, 4) is 0 Å². The molecule has 34 heavy (non-hydrogen) atoms. The van der Waals surface area contributed by atoms with Gasteiger partial charge in [0.25, 0.3) is 0 Å². The molecule has 7 heteroatoms. The second kappa shape index (κ2) is 11.7. The number of rotatable bonds is 8. The number of thioether (sulfide) groups is 1. The number of nitrogens with one attached hydrogen (secondary N) is 2. The first kappa shape index (κ1) is 25.3. The molecule has 2 amide bonds. The van der Waals surface area contributed by atoms with Crippen LogP contribution in [0.4, 0.5) is 14.9 Å². The number of anilines is 1. The molecular formula is C27H29FN2O3S. The molecule has 0 aromatic heterocycles. The Labute approximate surface area is 204 Å². The van der Waals surface area contributed by atoms with Gasteiger partial charge in [-0.25, -0.2) is 9.18 Å². The average Bonchev–Trinajstić information content (AvgIpc) is 2.78. The lowest BCUT2D eigenvalue weighted by molar-refractivity contribution is -0.118. The minimum atomic E-state index is -0.896. The van der Waals surface area contributed by atoms with E-state index in [1.807, 2.05) is 60.7 Å².